The van der Waals surface area contributed by atoms with Gasteiger partial charge in [0.15, 0.2) is 0 Å². The Morgan fingerprint density at radius 2 is 1.56 bits per heavy atom. The van der Waals surface area contributed by atoms with Gasteiger partial charge in [0.2, 0.25) is 0 Å². The van der Waals surface area contributed by atoms with Crippen molar-refractivity contribution in [2.75, 3.05) is 0 Å². The third-order valence-electron chi connectivity index (χ3n) is 3.79. The van der Waals surface area contributed by atoms with Gasteiger partial charge in [-0.1, -0.05) is 70.0 Å². The zero-order valence-electron chi connectivity index (χ0n) is 9.94. The smallest absolute Gasteiger partial charge is 0.0491 e. The van der Waals surface area contributed by atoms with Crippen LogP contribution in [-0.2, 0) is 5.41 Å². The summed E-state index contributed by atoms with van der Waals surface area (Å²) in [7, 11) is 0. The highest BCUT2D eigenvalue weighted by atomic mass is 79.9. The van der Waals surface area contributed by atoms with Crippen molar-refractivity contribution < 1.29 is 0 Å². The maximum atomic E-state index is 5.95. The van der Waals surface area contributed by atoms with Crippen LogP contribution >= 0.6 is 27.5 Å². The van der Waals surface area contributed by atoms with Gasteiger partial charge in [-0.15, -0.1) is 0 Å². The average Bonchev–Trinajstić information content (AvgIpc) is 3.21. The molecule has 92 valence electrons. The molecule has 1 aliphatic carbocycles. The lowest BCUT2D eigenvalue weighted by Gasteiger charge is -2.23. The third kappa shape index (κ3) is 2.10. The molecule has 2 aromatic carbocycles. The second-order valence-corrected chi connectivity index (χ2v) is 6.29. The summed E-state index contributed by atoms with van der Waals surface area (Å²) in [5, 5.41) is 0.794. The van der Waals surface area contributed by atoms with E-state index in [4.69, 9.17) is 11.6 Å². The predicted molar refractivity (Wildman–Crippen MR) is 80.5 cm³/mol. The summed E-state index contributed by atoms with van der Waals surface area (Å²) in [6.45, 7) is 0. The standard InChI is InChI=1S/C16H14BrCl/c17-15(12-6-8-14(18)9-7-12)16(10-11-16)13-4-2-1-3-5-13/h1-9,15H,10-11H2. The second-order valence-electron chi connectivity index (χ2n) is 4.94. The molecule has 2 heteroatoms. The maximum absolute atomic E-state index is 5.95. The molecular formula is C16H14BrCl. The second kappa shape index (κ2) is 4.71. The van der Waals surface area contributed by atoms with E-state index in [1.807, 2.05) is 12.1 Å². The lowest BCUT2D eigenvalue weighted by Crippen LogP contribution is -2.13. The first-order valence-corrected chi connectivity index (χ1v) is 7.47. The molecule has 3 rings (SSSR count). The molecule has 0 aliphatic heterocycles. The fourth-order valence-corrected chi connectivity index (χ4v) is 3.70. The summed E-state index contributed by atoms with van der Waals surface area (Å²) in [6, 6.07) is 18.9. The lowest BCUT2D eigenvalue weighted by molar-refractivity contribution is 0.681. The van der Waals surface area contributed by atoms with Gasteiger partial charge in [0.25, 0.3) is 0 Å². The van der Waals surface area contributed by atoms with Gasteiger partial charge in [0, 0.05) is 15.3 Å². The molecule has 0 radical (unpaired) electrons. The Morgan fingerprint density at radius 1 is 0.944 bits per heavy atom. The summed E-state index contributed by atoms with van der Waals surface area (Å²) >= 11 is 9.84. The minimum Gasteiger partial charge on any atom is -0.0843 e. The third-order valence-corrected chi connectivity index (χ3v) is 5.44. The molecule has 0 amide bonds. The van der Waals surface area contributed by atoms with Gasteiger partial charge in [-0.3, -0.25) is 0 Å². The zero-order valence-corrected chi connectivity index (χ0v) is 12.3. The van der Waals surface area contributed by atoms with Crippen LogP contribution in [0.1, 0.15) is 28.8 Å². The molecule has 0 spiro atoms. The number of alkyl halides is 1. The van der Waals surface area contributed by atoms with Gasteiger partial charge in [-0.25, -0.2) is 0 Å². The van der Waals surface area contributed by atoms with Gasteiger partial charge in [0.1, 0.15) is 0 Å². The largest absolute Gasteiger partial charge is 0.0843 e. The highest BCUT2D eigenvalue weighted by molar-refractivity contribution is 9.09. The number of hydrogen-bond acceptors (Lipinski definition) is 0. The summed E-state index contributed by atoms with van der Waals surface area (Å²) in [5.74, 6) is 0. The molecule has 1 fully saturated rings. The fourth-order valence-electron chi connectivity index (χ4n) is 2.54. The van der Waals surface area contributed by atoms with Crippen LogP contribution in [0.2, 0.25) is 5.02 Å². The van der Waals surface area contributed by atoms with E-state index in [2.05, 4.69) is 58.4 Å². The molecule has 1 atom stereocenters. The fraction of sp³-hybridized carbons (Fsp3) is 0.250. The van der Waals surface area contributed by atoms with Crippen LogP contribution in [0.5, 0.6) is 0 Å². The first kappa shape index (κ1) is 12.3. The highest BCUT2D eigenvalue weighted by Crippen LogP contribution is 2.59. The molecule has 0 N–H and O–H groups in total. The minimum atomic E-state index is 0.273. The Morgan fingerprint density at radius 3 is 2.11 bits per heavy atom. The van der Waals surface area contributed by atoms with Crippen molar-refractivity contribution >= 4 is 27.5 Å². The zero-order chi connectivity index (χ0) is 12.6. The van der Waals surface area contributed by atoms with Crippen molar-refractivity contribution in [1.29, 1.82) is 0 Å². The van der Waals surface area contributed by atoms with Crippen molar-refractivity contribution in [1.82, 2.24) is 0 Å². The van der Waals surface area contributed by atoms with E-state index < -0.39 is 0 Å². The van der Waals surface area contributed by atoms with Gasteiger partial charge in [0.05, 0.1) is 0 Å². The SMILES string of the molecule is Clc1ccc(C(Br)C2(c3ccccc3)CC2)cc1. The van der Waals surface area contributed by atoms with Crippen LogP contribution in [0.4, 0.5) is 0 Å². The molecule has 1 saturated carbocycles. The molecule has 0 bridgehead atoms. The number of benzene rings is 2. The molecule has 1 aliphatic rings. The quantitative estimate of drug-likeness (QED) is 0.654. The van der Waals surface area contributed by atoms with Crippen molar-refractivity contribution in [3.63, 3.8) is 0 Å². The summed E-state index contributed by atoms with van der Waals surface area (Å²) < 4.78 is 0. The summed E-state index contributed by atoms with van der Waals surface area (Å²) in [4.78, 5) is 0.365. The molecule has 0 saturated heterocycles. The summed E-state index contributed by atoms with van der Waals surface area (Å²) in [5.41, 5.74) is 3.01. The van der Waals surface area contributed by atoms with E-state index in [1.54, 1.807) is 0 Å². The molecule has 0 aromatic heterocycles. The Kier molecular flexibility index (Phi) is 3.21. The van der Waals surface area contributed by atoms with Crippen molar-refractivity contribution in [3.05, 3.63) is 70.7 Å². The van der Waals surface area contributed by atoms with E-state index in [0.29, 0.717) is 4.83 Å². The average molecular weight is 322 g/mol. The summed E-state index contributed by atoms with van der Waals surface area (Å²) in [6.07, 6.45) is 2.49. The minimum absolute atomic E-state index is 0.273. The Bertz CT molecular complexity index is 529. The topological polar surface area (TPSA) is 0 Å². The highest BCUT2D eigenvalue weighted by Gasteiger charge is 2.50. The van der Waals surface area contributed by atoms with E-state index in [9.17, 15) is 0 Å². The van der Waals surface area contributed by atoms with Crippen molar-refractivity contribution in [2.24, 2.45) is 0 Å². The van der Waals surface area contributed by atoms with Gasteiger partial charge in [-0.05, 0) is 36.1 Å². The molecule has 0 heterocycles. The molecular weight excluding hydrogens is 308 g/mol. The molecule has 0 nitrogen and oxygen atoms in total. The van der Waals surface area contributed by atoms with Gasteiger partial charge >= 0.3 is 0 Å². The monoisotopic (exact) mass is 320 g/mol. The predicted octanol–water partition coefficient (Wildman–Crippen LogP) is 5.51. The molecule has 18 heavy (non-hydrogen) atoms. The molecule has 1 unspecified atom stereocenters. The Balaban J connectivity index is 1.93. The van der Waals surface area contributed by atoms with Crippen LogP contribution in [0, 0.1) is 0 Å². The Hall–Kier alpha value is -0.790. The van der Waals surface area contributed by atoms with E-state index in [0.717, 1.165) is 5.02 Å². The first-order valence-electron chi connectivity index (χ1n) is 6.17. The van der Waals surface area contributed by atoms with Crippen molar-refractivity contribution in [2.45, 2.75) is 23.1 Å². The van der Waals surface area contributed by atoms with Crippen LogP contribution in [0.3, 0.4) is 0 Å². The van der Waals surface area contributed by atoms with Gasteiger partial charge < -0.3 is 0 Å². The van der Waals surface area contributed by atoms with Crippen molar-refractivity contribution in [3.8, 4) is 0 Å². The van der Waals surface area contributed by atoms with E-state index >= 15 is 0 Å². The van der Waals surface area contributed by atoms with Crippen LogP contribution in [0.25, 0.3) is 0 Å². The molecule has 2 aromatic rings. The number of halogens is 2. The van der Waals surface area contributed by atoms with E-state index in [-0.39, 0.29) is 5.41 Å². The normalized spacial score (nSPS) is 18.3. The van der Waals surface area contributed by atoms with Crippen LogP contribution in [-0.4, -0.2) is 0 Å². The van der Waals surface area contributed by atoms with Gasteiger partial charge in [-0.2, -0.15) is 0 Å². The first-order chi connectivity index (χ1) is 8.72. The Labute approximate surface area is 121 Å². The number of rotatable bonds is 3. The lowest BCUT2D eigenvalue weighted by atomic mass is 9.89. The number of hydrogen-bond donors (Lipinski definition) is 0. The van der Waals surface area contributed by atoms with Crippen LogP contribution < -0.4 is 0 Å². The van der Waals surface area contributed by atoms with E-state index in [1.165, 1.54) is 24.0 Å². The van der Waals surface area contributed by atoms with Crippen LogP contribution in [0.15, 0.2) is 54.6 Å². The maximum Gasteiger partial charge on any atom is 0.0491 e.